The van der Waals surface area contributed by atoms with Gasteiger partial charge in [-0.1, -0.05) is 36.8 Å². The van der Waals surface area contributed by atoms with Gasteiger partial charge in [0, 0.05) is 18.6 Å². The van der Waals surface area contributed by atoms with E-state index in [1.165, 1.54) is 25.8 Å². The maximum absolute atomic E-state index is 12.3. The number of nitrogens with two attached hydrogens (primary N) is 1. The highest BCUT2D eigenvalue weighted by atomic mass is 16.2. The first kappa shape index (κ1) is 13.6. The number of hydrogen-bond acceptors (Lipinski definition) is 3. The molecule has 2 unspecified atom stereocenters. The molecule has 2 heterocycles. The normalized spacial score (nSPS) is 27.9. The van der Waals surface area contributed by atoms with E-state index < -0.39 is 6.04 Å². The Morgan fingerprint density at radius 1 is 1.20 bits per heavy atom. The lowest BCUT2D eigenvalue weighted by Crippen LogP contribution is -2.48. The summed E-state index contributed by atoms with van der Waals surface area (Å²) < 4.78 is 0. The zero-order chi connectivity index (χ0) is 13.9. The van der Waals surface area contributed by atoms with Gasteiger partial charge in [0.2, 0.25) is 5.91 Å². The average molecular weight is 273 g/mol. The number of carbonyl (C=O) groups is 1. The van der Waals surface area contributed by atoms with Gasteiger partial charge >= 0.3 is 0 Å². The number of hydrogen-bond donors (Lipinski definition) is 2. The second-order valence-corrected chi connectivity index (χ2v) is 5.89. The SMILES string of the molecule is N[C@H](C(=O)NC1CCN2CCCCC12)c1ccccc1. The van der Waals surface area contributed by atoms with E-state index in [0.717, 1.165) is 18.5 Å². The van der Waals surface area contributed by atoms with Crippen LogP contribution in [-0.2, 0) is 4.79 Å². The first-order chi connectivity index (χ1) is 9.75. The molecular formula is C16H23N3O. The van der Waals surface area contributed by atoms with Gasteiger partial charge in [-0.3, -0.25) is 9.69 Å². The predicted octanol–water partition coefficient (Wildman–Crippen LogP) is 1.43. The predicted molar refractivity (Wildman–Crippen MR) is 79.1 cm³/mol. The van der Waals surface area contributed by atoms with Crippen molar-refractivity contribution in [2.45, 2.75) is 43.8 Å². The van der Waals surface area contributed by atoms with Crippen LogP contribution in [0.2, 0.25) is 0 Å². The molecule has 1 aromatic rings. The maximum Gasteiger partial charge on any atom is 0.241 e. The number of nitrogens with zero attached hydrogens (tertiary/aromatic N) is 1. The third-order valence-corrected chi connectivity index (χ3v) is 4.62. The van der Waals surface area contributed by atoms with Gasteiger partial charge in [0.05, 0.1) is 0 Å². The molecule has 2 saturated heterocycles. The largest absolute Gasteiger partial charge is 0.350 e. The van der Waals surface area contributed by atoms with Crippen LogP contribution in [0.4, 0.5) is 0 Å². The highest BCUT2D eigenvalue weighted by molar-refractivity contribution is 5.83. The van der Waals surface area contributed by atoms with Crippen molar-refractivity contribution in [3.05, 3.63) is 35.9 Å². The molecule has 0 radical (unpaired) electrons. The molecule has 2 fully saturated rings. The van der Waals surface area contributed by atoms with Gasteiger partial charge in [0.1, 0.15) is 6.04 Å². The molecule has 1 aromatic carbocycles. The van der Waals surface area contributed by atoms with Crippen molar-refractivity contribution in [1.82, 2.24) is 10.2 Å². The Morgan fingerprint density at radius 2 is 2.00 bits per heavy atom. The van der Waals surface area contributed by atoms with Crippen molar-refractivity contribution in [3.8, 4) is 0 Å². The number of rotatable bonds is 3. The van der Waals surface area contributed by atoms with Gasteiger partial charge in [-0.15, -0.1) is 0 Å². The maximum atomic E-state index is 12.3. The molecular weight excluding hydrogens is 250 g/mol. The van der Waals surface area contributed by atoms with Crippen LogP contribution in [0, 0.1) is 0 Å². The van der Waals surface area contributed by atoms with Crippen LogP contribution in [0.5, 0.6) is 0 Å². The lowest BCUT2D eigenvalue weighted by atomic mass is 9.98. The van der Waals surface area contributed by atoms with Crippen LogP contribution in [0.15, 0.2) is 30.3 Å². The molecule has 0 spiro atoms. The summed E-state index contributed by atoms with van der Waals surface area (Å²) in [6, 6.07) is 9.83. The second-order valence-electron chi connectivity index (χ2n) is 5.89. The summed E-state index contributed by atoms with van der Waals surface area (Å²) in [6.07, 6.45) is 4.82. The Labute approximate surface area is 120 Å². The van der Waals surface area contributed by atoms with E-state index in [0.29, 0.717) is 6.04 Å². The zero-order valence-electron chi connectivity index (χ0n) is 11.8. The van der Waals surface area contributed by atoms with E-state index in [1.54, 1.807) is 0 Å². The third-order valence-electron chi connectivity index (χ3n) is 4.62. The van der Waals surface area contributed by atoms with Gasteiger partial charge in [0.15, 0.2) is 0 Å². The molecule has 2 aliphatic rings. The van der Waals surface area contributed by atoms with Crippen molar-refractivity contribution in [2.24, 2.45) is 5.73 Å². The number of piperidine rings is 1. The van der Waals surface area contributed by atoms with E-state index in [4.69, 9.17) is 5.73 Å². The number of amides is 1. The molecule has 108 valence electrons. The third kappa shape index (κ3) is 2.72. The van der Waals surface area contributed by atoms with E-state index in [2.05, 4.69) is 10.2 Å². The van der Waals surface area contributed by atoms with E-state index in [1.807, 2.05) is 30.3 Å². The van der Waals surface area contributed by atoms with Gasteiger partial charge in [-0.2, -0.15) is 0 Å². The Bertz CT molecular complexity index is 462. The number of fused-ring (bicyclic) bond motifs is 1. The Balaban J connectivity index is 1.61. The van der Waals surface area contributed by atoms with Gasteiger partial charge < -0.3 is 11.1 Å². The minimum Gasteiger partial charge on any atom is -0.350 e. The fourth-order valence-corrected chi connectivity index (χ4v) is 3.50. The zero-order valence-corrected chi connectivity index (χ0v) is 11.8. The fourth-order valence-electron chi connectivity index (χ4n) is 3.50. The summed E-state index contributed by atoms with van der Waals surface area (Å²) >= 11 is 0. The lowest BCUT2D eigenvalue weighted by molar-refractivity contribution is -0.123. The first-order valence-electron chi connectivity index (χ1n) is 7.60. The Kier molecular flexibility index (Phi) is 4.03. The molecule has 20 heavy (non-hydrogen) atoms. The quantitative estimate of drug-likeness (QED) is 0.876. The van der Waals surface area contributed by atoms with Crippen LogP contribution in [0.25, 0.3) is 0 Å². The molecule has 3 rings (SSSR count). The molecule has 3 N–H and O–H groups in total. The van der Waals surface area contributed by atoms with E-state index in [9.17, 15) is 4.79 Å². The number of benzene rings is 1. The smallest absolute Gasteiger partial charge is 0.241 e. The van der Waals surface area contributed by atoms with E-state index >= 15 is 0 Å². The molecule has 4 nitrogen and oxygen atoms in total. The average Bonchev–Trinajstić information content (AvgIpc) is 2.91. The van der Waals surface area contributed by atoms with Crippen molar-refractivity contribution < 1.29 is 4.79 Å². The lowest BCUT2D eigenvalue weighted by Gasteiger charge is -2.32. The number of nitrogens with one attached hydrogen (secondary N) is 1. The van der Waals surface area contributed by atoms with Crippen molar-refractivity contribution in [3.63, 3.8) is 0 Å². The highest BCUT2D eigenvalue weighted by Crippen LogP contribution is 2.27. The van der Waals surface area contributed by atoms with Crippen LogP contribution in [0.3, 0.4) is 0 Å². The monoisotopic (exact) mass is 273 g/mol. The summed E-state index contributed by atoms with van der Waals surface area (Å²) in [5.74, 6) is -0.0476. The van der Waals surface area contributed by atoms with Crippen molar-refractivity contribution >= 4 is 5.91 Å². The molecule has 3 atom stereocenters. The molecule has 0 aliphatic carbocycles. The standard InChI is InChI=1S/C16H23N3O/c17-15(12-6-2-1-3-7-12)16(20)18-13-9-11-19-10-5-4-8-14(13)19/h1-3,6-7,13-15H,4-5,8-11,17H2,(H,18,20)/t13?,14?,15-/m0/s1. The highest BCUT2D eigenvalue weighted by Gasteiger charge is 2.36. The van der Waals surface area contributed by atoms with Crippen molar-refractivity contribution in [2.75, 3.05) is 13.1 Å². The summed E-state index contributed by atoms with van der Waals surface area (Å²) in [4.78, 5) is 14.8. The fraction of sp³-hybridized carbons (Fsp3) is 0.562. The molecule has 0 saturated carbocycles. The Hall–Kier alpha value is -1.39. The van der Waals surface area contributed by atoms with Gasteiger partial charge in [-0.25, -0.2) is 0 Å². The van der Waals surface area contributed by atoms with Crippen LogP contribution >= 0.6 is 0 Å². The number of carbonyl (C=O) groups excluding carboxylic acids is 1. The molecule has 4 heteroatoms. The molecule has 2 aliphatic heterocycles. The van der Waals surface area contributed by atoms with Gasteiger partial charge in [0.25, 0.3) is 0 Å². The van der Waals surface area contributed by atoms with Crippen LogP contribution in [0.1, 0.15) is 37.3 Å². The van der Waals surface area contributed by atoms with Crippen LogP contribution in [-0.4, -0.2) is 36.0 Å². The van der Waals surface area contributed by atoms with Gasteiger partial charge in [-0.05, 0) is 31.4 Å². The molecule has 0 aromatic heterocycles. The molecule has 0 bridgehead atoms. The summed E-state index contributed by atoms with van der Waals surface area (Å²) in [5.41, 5.74) is 6.94. The second kappa shape index (κ2) is 5.94. The Morgan fingerprint density at radius 3 is 2.80 bits per heavy atom. The summed E-state index contributed by atoms with van der Waals surface area (Å²) in [7, 11) is 0. The summed E-state index contributed by atoms with van der Waals surface area (Å²) in [6.45, 7) is 2.29. The summed E-state index contributed by atoms with van der Waals surface area (Å²) in [5, 5.41) is 3.17. The van der Waals surface area contributed by atoms with Crippen molar-refractivity contribution in [1.29, 1.82) is 0 Å². The topological polar surface area (TPSA) is 58.4 Å². The molecule has 1 amide bonds. The van der Waals surface area contributed by atoms with E-state index in [-0.39, 0.29) is 11.9 Å². The van der Waals surface area contributed by atoms with Crippen LogP contribution < -0.4 is 11.1 Å². The minimum absolute atomic E-state index is 0.0476. The minimum atomic E-state index is -0.561. The first-order valence-corrected chi connectivity index (χ1v) is 7.60.